The topological polar surface area (TPSA) is 125 Å². The van der Waals surface area contributed by atoms with Crippen molar-refractivity contribution in [2.24, 2.45) is 0 Å². The number of nitrogen functional groups attached to an aromatic ring is 1. The van der Waals surface area contributed by atoms with E-state index in [1.165, 1.54) is 26.4 Å². The lowest BCUT2D eigenvalue weighted by molar-refractivity contribution is 0.355. The van der Waals surface area contributed by atoms with Crippen molar-refractivity contribution in [3.63, 3.8) is 0 Å². The number of H-pyrrole nitrogens is 1. The molecule has 1 aromatic carbocycles. The first-order valence-corrected chi connectivity index (χ1v) is 6.64. The third-order valence-corrected chi connectivity index (χ3v) is 3.52. The average Bonchev–Trinajstić information content (AvgIpc) is 2.54. The summed E-state index contributed by atoms with van der Waals surface area (Å²) in [5, 5.41) is 18.8. The van der Waals surface area contributed by atoms with E-state index in [1.54, 1.807) is 6.07 Å². The molecule has 0 bridgehead atoms. The van der Waals surface area contributed by atoms with Crippen LogP contribution < -0.4 is 20.8 Å². The number of hydrogen-bond donors (Lipinski definition) is 2. The van der Waals surface area contributed by atoms with E-state index in [4.69, 9.17) is 26.8 Å². The quantitative estimate of drug-likeness (QED) is 0.887. The lowest BCUT2D eigenvalue weighted by atomic mass is 9.96. The molecular formula is C15H11ClN4O3. The number of nitrogens with zero attached hydrogens (tertiary/aromatic N) is 2. The van der Waals surface area contributed by atoms with Crippen molar-refractivity contribution in [2.75, 3.05) is 20.0 Å². The van der Waals surface area contributed by atoms with E-state index < -0.39 is 5.56 Å². The lowest BCUT2D eigenvalue weighted by Crippen LogP contribution is -2.16. The Hall–Kier alpha value is -3.16. The summed E-state index contributed by atoms with van der Waals surface area (Å²) in [6, 6.07) is 6.61. The molecule has 1 heterocycles. The third kappa shape index (κ3) is 2.66. The number of nitriles is 2. The highest BCUT2D eigenvalue weighted by Crippen LogP contribution is 2.40. The first-order chi connectivity index (χ1) is 11.0. The smallest absolute Gasteiger partial charge is 0.268 e. The second-order valence-corrected chi connectivity index (χ2v) is 4.81. The van der Waals surface area contributed by atoms with E-state index in [1.807, 2.05) is 6.07 Å². The van der Waals surface area contributed by atoms with Gasteiger partial charge < -0.3 is 20.2 Å². The maximum absolute atomic E-state index is 12.0. The number of anilines is 1. The van der Waals surface area contributed by atoms with Crippen LogP contribution in [0.1, 0.15) is 11.1 Å². The molecule has 0 aliphatic heterocycles. The predicted molar refractivity (Wildman–Crippen MR) is 84.5 cm³/mol. The van der Waals surface area contributed by atoms with Crippen LogP contribution in [0.2, 0.25) is 5.02 Å². The molecule has 0 aliphatic rings. The molecule has 0 atom stereocenters. The van der Waals surface area contributed by atoms with Crippen molar-refractivity contribution in [1.29, 1.82) is 10.5 Å². The average molecular weight is 331 g/mol. The molecule has 2 rings (SSSR count). The van der Waals surface area contributed by atoms with Gasteiger partial charge in [0, 0.05) is 17.2 Å². The van der Waals surface area contributed by atoms with Crippen LogP contribution in [0.3, 0.4) is 0 Å². The first kappa shape index (κ1) is 16.2. The molecule has 0 radical (unpaired) electrons. The number of pyridine rings is 1. The van der Waals surface area contributed by atoms with E-state index in [0.717, 1.165) is 0 Å². The van der Waals surface area contributed by atoms with Crippen LogP contribution in [0.25, 0.3) is 11.1 Å². The minimum atomic E-state index is -0.704. The van der Waals surface area contributed by atoms with Crippen LogP contribution in [0.4, 0.5) is 5.82 Å². The summed E-state index contributed by atoms with van der Waals surface area (Å²) < 4.78 is 10.3. The molecule has 3 N–H and O–H groups in total. The molecule has 7 nitrogen and oxygen atoms in total. The van der Waals surface area contributed by atoms with Crippen molar-refractivity contribution < 1.29 is 9.47 Å². The molecule has 2 aromatic rings. The minimum Gasteiger partial charge on any atom is -0.493 e. The Balaban J connectivity index is 2.96. The maximum atomic E-state index is 12.0. The van der Waals surface area contributed by atoms with Gasteiger partial charge in [0.05, 0.1) is 19.2 Å². The number of hydrogen-bond acceptors (Lipinski definition) is 6. The molecule has 0 fully saturated rings. The van der Waals surface area contributed by atoms with Crippen molar-refractivity contribution >= 4 is 17.4 Å². The number of methoxy groups -OCH3 is 2. The molecular weight excluding hydrogens is 320 g/mol. The van der Waals surface area contributed by atoms with Crippen molar-refractivity contribution in [1.82, 2.24) is 4.98 Å². The third-order valence-electron chi connectivity index (χ3n) is 3.21. The molecule has 0 aliphatic carbocycles. The minimum absolute atomic E-state index is 0.0460. The Bertz CT molecular complexity index is 922. The Labute approximate surface area is 136 Å². The lowest BCUT2D eigenvalue weighted by Gasteiger charge is -2.14. The van der Waals surface area contributed by atoms with E-state index in [-0.39, 0.29) is 33.1 Å². The highest BCUT2D eigenvalue weighted by molar-refractivity contribution is 6.33. The molecule has 0 amide bonds. The highest BCUT2D eigenvalue weighted by Gasteiger charge is 2.22. The number of ether oxygens (including phenoxy) is 2. The SMILES string of the molecule is COc1cc(Cl)c(-c2c(C#N)c(N)[nH]c(=O)c2C#N)cc1OC. The molecule has 23 heavy (non-hydrogen) atoms. The summed E-state index contributed by atoms with van der Waals surface area (Å²) in [4.78, 5) is 14.2. The maximum Gasteiger partial charge on any atom is 0.268 e. The second-order valence-electron chi connectivity index (χ2n) is 4.40. The fourth-order valence-corrected chi connectivity index (χ4v) is 2.41. The molecule has 8 heteroatoms. The Morgan fingerprint density at radius 3 is 2.22 bits per heavy atom. The molecule has 0 unspecified atom stereocenters. The number of nitrogens with two attached hydrogens (primary N) is 1. The number of benzene rings is 1. The number of aromatic nitrogens is 1. The van der Waals surface area contributed by atoms with Crippen LogP contribution in [-0.4, -0.2) is 19.2 Å². The zero-order chi connectivity index (χ0) is 17.1. The van der Waals surface area contributed by atoms with Crippen molar-refractivity contribution in [2.45, 2.75) is 0 Å². The molecule has 116 valence electrons. The van der Waals surface area contributed by atoms with Crippen molar-refractivity contribution in [3.8, 4) is 34.8 Å². The Morgan fingerprint density at radius 2 is 1.70 bits per heavy atom. The van der Waals surface area contributed by atoms with Gasteiger partial charge in [0.15, 0.2) is 11.5 Å². The number of halogens is 1. The normalized spacial score (nSPS) is 9.78. The summed E-state index contributed by atoms with van der Waals surface area (Å²) in [6.45, 7) is 0. The number of rotatable bonds is 3. The molecule has 1 aromatic heterocycles. The summed E-state index contributed by atoms with van der Waals surface area (Å²) in [7, 11) is 2.87. The summed E-state index contributed by atoms with van der Waals surface area (Å²) >= 11 is 6.23. The Kier molecular flexibility index (Phi) is 4.44. The number of aromatic amines is 1. The zero-order valence-electron chi connectivity index (χ0n) is 12.2. The van der Waals surface area contributed by atoms with Gasteiger partial charge in [-0.2, -0.15) is 10.5 Å². The van der Waals surface area contributed by atoms with Gasteiger partial charge >= 0.3 is 0 Å². The zero-order valence-corrected chi connectivity index (χ0v) is 13.0. The molecule has 0 saturated heterocycles. The van der Waals surface area contributed by atoms with Gasteiger partial charge in [-0.25, -0.2) is 0 Å². The first-order valence-electron chi connectivity index (χ1n) is 6.26. The van der Waals surface area contributed by atoms with Gasteiger partial charge in [0.1, 0.15) is 29.1 Å². The van der Waals surface area contributed by atoms with Gasteiger partial charge in [-0.3, -0.25) is 4.79 Å². The fraction of sp³-hybridized carbons (Fsp3) is 0.133. The number of nitrogens with one attached hydrogen (secondary N) is 1. The van der Waals surface area contributed by atoms with Crippen LogP contribution in [-0.2, 0) is 0 Å². The summed E-state index contributed by atoms with van der Waals surface area (Å²) in [5.74, 6) is 0.562. The summed E-state index contributed by atoms with van der Waals surface area (Å²) in [5.41, 5.74) is 5.01. The van der Waals surface area contributed by atoms with Crippen LogP contribution in [0.5, 0.6) is 11.5 Å². The van der Waals surface area contributed by atoms with E-state index in [0.29, 0.717) is 11.5 Å². The molecule has 0 spiro atoms. The van der Waals surface area contributed by atoms with Gasteiger partial charge in [-0.1, -0.05) is 11.6 Å². The Morgan fingerprint density at radius 1 is 1.13 bits per heavy atom. The standard InChI is InChI=1S/C15H11ClN4O3/c1-22-11-3-7(10(16)4-12(11)23-2)13-8(5-17)14(19)20-15(21)9(13)6-18/h3-4H,1-2H3,(H3,19,20,21). The van der Waals surface area contributed by atoms with Crippen LogP contribution in [0.15, 0.2) is 16.9 Å². The summed E-state index contributed by atoms with van der Waals surface area (Å²) in [6.07, 6.45) is 0. The van der Waals surface area contributed by atoms with E-state index in [2.05, 4.69) is 4.98 Å². The van der Waals surface area contributed by atoms with Crippen LogP contribution >= 0.6 is 11.6 Å². The van der Waals surface area contributed by atoms with Gasteiger partial charge in [-0.05, 0) is 6.07 Å². The van der Waals surface area contributed by atoms with E-state index in [9.17, 15) is 15.3 Å². The van der Waals surface area contributed by atoms with Crippen molar-refractivity contribution in [3.05, 3.63) is 38.6 Å². The largest absolute Gasteiger partial charge is 0.493 e. The molecule has 0 saturated carbocycles. The van der Waals surface area contributed by atoms with Crippen LogP contribution in [0, 0.1) is 22.7 Å². The highest BCUT2D eigenvalue weighted by atomic mass is 35.5. The van der Waals surface area contributed by atoms with Gasteiger partial charge in [0.2, 0.25) is 0 Å². The fourth-order valence-electron chi connectivity index (χ4n) is 2.16. The second kappa shape index (κ2) is 6.30. The van der Waals surface area contributed by atoms with E-state index >= 15 is 0 Å². The van der Waals surface area contributed by atoms with Gasteiger partial charge in [0.25, 0.3) is 5.56 Å². The monoisotopic (exact) mass is 330 g/mol. The van der Waals surface area contributed by atoms with Gasteiger partial charge in [-0.15, -0.1) is 0 Å². The predicted octanol–water partition coefficient (Wildman–Crippen LogP) is 2.04.